The van der Waals surface area contributed by atoms with Crippen LogP contribution in [0.1, 0.15) is 24.1 Å². The first-order valence-electron chi connectivity index (χ1n) is 12.2. The second kappa shape index (κ2) is 12.8. The first-order chi connectivity index (χ1) is 18.9. The number of hydrogen-bond donors (Lipinski definition) is 4. The lowest BCUT2D eigenvalue weighted by Crippen LogP contribution is -2.45. The van der Waals surface area contributed by atoms with Crippen molar-refractivity contribution in [2.24, 2.45) is 0 Å². The first-order valence-corrected chi connectivity index (χ1v) is 12.6. The maximum absolute atomic E-state index is 13.5. The second-order valence-electron chi connectivity index (χ2n) is 8.69. The third-order valence-electron chi connectivity index (χ3n) is 6.08. The number of carbonyl (C=O) groups is 2. The Morgan fingerprint density at radius 1 is 0.923 bits per heavy atom. The zero-order valence-electron chi connectivity index (χ0n) is 21.9. The van der Waals surface area contributed by atoms with Crippen LogP contribution >= 0.6 is 12.2 Å². The molecule has 2 amide bonds. The molecule has 4 rings (SSSR count). The average molecular weight is 547 g/mol. The third-order valence-corrected chi connectivity index (χ3v) is 6.30. The molecule has 0 spiro atoms. The van der Waals surface area contributed by atoms with Gasteiger partial charge in [-0.25, -0.2) is 0 Å². The van der Waals surface area contributed by atoms with E-state index >= 15 is 0 Å². The minimum Gasteiger partial charge on any atom is -0.495 e. The molecule has 1 aliphatic heterocycles. The number of anilines is 1. The zero-order valence-corrected chi connectivity index (χ0v) is 22.7. The van der Waals surface area contributed by atoms with Crippen LogP contribution in [-0.2, 0) is 16.1 Å². The van der Waals surface area contributed by atoms with Crippen molar-refractivity contribution in [2.45, 2.75) is 19.5 Å². The summed E-state index contributed by atoms with van der Waals surface area (Å²) in [7, 11) is 3.06. The second-order valence-corrected chi connectivity index (χ2v) is 9.09. The molecule has 0 saturated heterocycles. The van der Waals surface area contributed by atoms with Gasteiger partial charge >= 0.3 is 0 Å². The topological polar surface area (TPSA) is 110 Å². The van der Waals surface area contributed by atoms with E-state index in [2.05, 4.69) is 21.3 Å². The summed E-state index contributed by atoms with van der Waals surface area (Å²) in [5, 5.41) is 12.3. The number of methoxy groups -OCH3 is 2. The quantitative estimate of drug-likeness (QED) is 0.284. The largest absolute Gasteiger partial charge is 0.495 e. The highest BCUT2D eigenvalue weighted by Crippen LogP contribution is 2.35. The van der Waals surface area contributed by atoms with E-state index in [1.807, 2.05) is 42.5 Å². The number of ether oxygens (including phenoxy) is 3. The lowest BCUT2D eigenvalue weighted by molar-refractivity contribution is -0.123. The van der Waals surface area contributed by atoms with Gasteiger partial charge in [0.25, 0.3) is 11.8 Å². The van der Waals surface area contributed by atoms with Crippen molar-refractivity contribution in [3.63, 3.8) is 0 Å². The summed E-state index contributed by atoms with van der Waals surface area (Å²) < 4.78 is 16.7. The van der Waals surface area contributed by atoms with E-state index in [1.54, 1.807) is 44.4 Å². The predicted molar refractivity (Wildman–Crippen MR) is 153 cm³/mol. The molecule has 0 aliphatic carbocycles. The summed E-state index contributed by atoms with van der Waals surface area (Å²) in [6, 6.07) is 21.5. The van der Waals surface area contributed by atoms with Gasteiger partial charge in [0, 0.05) is 12.2 Å². The fraction of sp³-hybridized carbons (Fsp3) is 0.207. The Labute approximate surface area is 232 Å². The Balaban J connectivity index is 1.50. The summed E-state index contributed by atoms with van der Waals surface area (Å²) in [5.74, 6) is 0.775. The van der Waals surface area contributed by atoms with Crippen LogP contribution in [0.3, 0.4) is 0 Å². The van der Waals surface area contributed by atoms with Crippen LogP contribution in [0.4, 0.5) is 5.69 Å². The molecule has 3 aromatic rings. The van der Waals surface area contributed by atoms with Crippen molar-refractivity contribution in [1.82, 2.24) is 16.0 Å². The first kappa shape index (κ1) is 27.5. The smallest absolute Gasteiger partial charge is 0.258 e. The van der Waals surface area contributed by atoms with E-state index in [4.69, 9.17) is 26.4 Å². The number of para-hydroxylation sites is 2. The van der Waals surface area contributed by atoms with E-state index in [0.717, 1.165) is 11.1 Å². The van der Waals surface area contributed by atoms with Crippen LogP contribution in [-0.4, -0.2) is 37.8 Å². The Morgan fingerprint density at radius 3 is 2.38 bits per heavy atom. The fourth-order valence-electron chi connectivity index (χ4n) is 4.16. The number of allylic oxidation sites excluding steroid dienone is 1. The number of amides is 2. The van der Waals surface area contributed by atoms with E-state index in [9.17, 15) is 9.59 Å². The van der Waals surface area contributed by atoms with E-state index in [-0.39, 0.29) is 18.4 Å². The molecule has 0 fully saturated rings. The Hall–Kier alpha value is -4.57. The molecule has 0 bridgehead atoms. The lowest BCUT2D eigenvalue weighted by Gasteiger charge is -2.30. The monoisotopic (exact) mass is 546 g/mol. The van der Waals surface area contributed by atoms with Gasteiger partial charge in [0.05, 0.1) is 31.5 Å². The number of benzene rings is 3. The molecule has 0 saturated carbocycles. The summed E-state index contributed by atoms with van der Waals surface area (Å²) in [6.07, 6.45) is 0. The van der Waals surface area contributed by atoms with E-state index in [1.165, 1.54) is 7.11 Å². The highest BCUT2D eigenvalue weighted by molar-refractivity contribution is 7.80. The number of thiocarbonyl (C=S) groups is 1. The fourth-order valence-corrected chi connectivity index (χ4v) is 4.43. The van der Waals surface area contributed by atoms with Crippen molar-refractivity contribution < 1.29 is 23.8 Å². The molecular formula is C29H30N4O5S. The molecule has 0 unspecified atom stereocenters. The van der Waals surface area contributed by atoms with Crippen molar-refractivity contribution >= 4 is 34.8 Å². The normalized spacial score (nSPS) is 14.5. The predicted octanol–water partition coefficient (Wildman–Crippen LogP) is 3.83. The van der Waals surface area contributed by atoms with Crippen LogP contribution in [0.2, 0.25) is 0 Å². The summed E-state index contributed by atoms with van der Waals surface area (Å²) in [4.78, 5) is 25.8. The molecule has 9 nitrogen and oxygen atoms in total. The van der Waals surface area contributed by atoms with Crippen LogP contribution in [0.15, 0.2) is 84.1 Å². The third kappa shape index (κ3) is 6.85. The lowest BCUT2D eigenvalue weighted by atomic mass is 9.94. The molecular weight excluding hydrogens is 516 g/mol. The van der Waals surface area contributed by atoms with Gasteiger partial charge in [0.1, 0.15) is 5.75 Å². The molecule has 202 valence electrons. The molecule has 3 aromatic carbocycles. The maximum Gasteiger partial charge on any atom is 0.258 e. The molecule has 10 heteroatoms. The van der Waals surface area contributed by atoms with Crippen molar-refractivity contribution in [1.29, 1.82) is 0 Å². The summed E-state index contributed by atoms with van der Waals surface area (Å²) >= 11 is 5.38. The van der Waals surface area contributed by atoms with Gasteiger partial charge in [0.15, 0.2) is 23.2 Å². The number of nitrogens with one attached hydrogen (secondary N) is 4. The minimum absolute atomic E-state index is 0.177. The number of carbonyl (C=O) groups excluding carboxylic acids is 2. The van der Waals surface area contributed by atoms with Gasteiger partial charge < -0.3 is 35.5 Å². The molecule has 0 radical (unpaired) electrons. The van der Waals surface area contributed by atoms with Gasteiger partial charge in [0.2, 0.25) is 0 Å². The van der Waals surface area contributed by atoms with Crippen LogP contribution in [0.5, 0.6) is 17.2 Å². The van der Waals surface area contributed by atoms with Crippen molar-refractivity contribution in [2.75, 3.05) is 26.1 Å². The molecule has 0 aromatic heterocycles. The highest BCUT2D eigenvalue weighted by Gasteiger charge is 2.31. The molecule has 1 atom stereocenters. The maximum atomic E-state index is 13.5. The number of hydrogen-bond acceptors (Lipinski definition) is 6. The van der Waals surface area contributed by atoms with Crippen molar-refractivity contribution in [3.8, 4) is 17.2 Å². The summed E-state index contributed by atoms with van der Waals surface area (Å²) in [6.45, 7) is 2.02. The SMILES string of the molecule is COc1ccccc1NC(=O)C1=C(C)NC(=S)N[C@@H]1c1ccc(OCC(=O)NCc2ccccc2)c(OC)c1. The Morgan fingerprint density at radius 2 is 1.64 bits per heavy atom. The van der Waals surface area contributed by atoms with Gasteiger partial charge in [-0.15, -0.1) is 0 Å². The molecule has 1 heterocycles. The molecule has 4 N–H and O–H groups in total. The van der Waals surface area contributed by atoms with Gasteiger partial charge in [-0.3, -0.25) is 9.59 Å². The standard InChI is InChI=1S/C29H30N4O5S/c1-18-26(28(35)32-21-11-7-8-12-22(21)36-2)27(33-29(39)31-18)20-13-14-23(24(15-20)37-3)38-17-25(34)30-16-19-9-5-4-6-10-19/h4-15,27H,16-17H2,1-3H3,(H,30,34)(H,32,35)(H2,31,33,39)/t27-/m1/s1. The number of rotatable bonds is 10. The Kier molecular flexibility index (Phi) is 9.01. The van der Waals surface area contributed by atoms with E-state index in [0.29, 0.717) is 45.9 Å². The van der Waals surface area contributed by atoms with Gasteiger partial charge in [-0.1, -0.05) is 48.5 Å². The summed E-state index contributed by atoms with van der Waals surface area (Å²) in [5.41, 5.74) is 3.33. The van der Waals surface area contributed by atoms with Crippen LogP contribution in [0, 0.1) is 0 Å². The molecule has 39 heavy (non-hydrogen) atoms. The van der Waals surface area contributed by atoms with Crippen LogP contribution < -0.4 is 35.5 Å². The molecule has 1 aliphatic rings. The average Bonchev–Trinajstić information content (AvgIpc) is 2.95. The zero-order chi connectivity index (χ0) is 27.8. The Bertz CT molecular complexity index is 1390. The van der Waals surface area contributed by atoms with Gasteiger partial charge in [-0.05, 0) is 54.5 Å². The highest BCUT2D eigenvalue weighted by atomic mass is 32.1. The minimum atomic E-state index is -0.564. The van der Waals surface area contributed by atoms with E-state index < -0.39 is 6.04 Å². The van der Waals surface area contributed by atoms with Crippen LogP contribution in [0.25, 0.3) is 0 Å². The van der Waals surface area contributed by atoms with Crippen molar-refractivity contribution in [3.05, 3.63) is 95.2 Å². The van der Waals surface area contributed by atoms with Gasteiger partial charge in [-0.2, -0.15) is 0 Å².